The van der Waals surface area contributed by atoms with Crippen LogP contribution in [0.25, 0.3) is 38.9 Å². The topological polar surface area (TPSA) is 93.8 Å². The summed E-state index contributed by atoms with van der Waals surface area (Å²) in [7, 11) is 0. The van der Waals surface area contributed by atoms with Crippen LogP contribution in [0.1, 0.15) is 6.42 Å². The molecule has 3 heterocycles. The lowest BCUT2D eigenvalue weighted by Gasteiger charge is -2.12. The Labute approximate surface area is 186 Å². The number of hydrogen-bond acceptors (Lipinski definition) is 5. The molecule has 0 amide bonds. The van der Waals surface area contributed by atoms with E-state index in [4.69, 9.17) is 21.3 Å². The minimum atomic E-state index is -0.602. The van der Waals surface area contributed by atoms with Gasteiger partial charge in [-0.15, -0.1) is 0 Å². The zero-order valence-electron chi connectivity index (χ0n) is 16.7. The van der Waals surface area contributed by atoms with Crippen LogP contribution in [-0.2, 0) is 6.54 Å². The van der Waals surface area contributed by atoms with Crippen LogP contribution in [0.5, 0.6) is 0 Å². The molecule has 5 rings (SSSR count). The highest BCUT2D eigenvalue weighted by molar-refractivity contribution is 6.33. The van der Waals surface area contributed by atoms with Crippen molar-refractivity contribution in [1.82, 2.24) is 14.1 Å². The van der Waals surface area contributed by atoms with E-state index in [1.165, 1.54) is 10.8 Å². The Morgan fingerprint density at radius 3 is 2.66 bits per heavy atom. The molecule has 0 atom stereocenters. The van der Waals surface area contributed by atoms with Crippen molar-refractivity contribution in [2.75, 3.05) is 0 Å². The van der Waals surface area contributed by atoms with Crippen LogP contribution in [-0.4, -0.2) is 14.1 Å². The van der Waals surface area contributed by atoms with Gasteiger partial charge < -0.3 is 4.42 Å². The first-order valence-corrected chi connectivity index (χ1v) is 10.2. The number of nitrogens with zero attached hydrogens (tertiary/aromatic N) is 4. The van der Waals surface area contributed by atoms with Crippen LogP contribution >= 0.6 is 11.6 Å². The van der Waals surface area contributed by atoms with Gasteiger partial charge >= 0.3 is 11.2 Å². The first-order chi connectivity index (χ1) is 15.6. The molecule has 0 saturated heterocycles. The van der Waals surface area contributed by atoms with Crippen molar-refractivity contribution in [3.05, 3.63) is 92.9 Å². The fourth-order valence-electron chi connectivity index (χ4n) is 3.81. The van der Waals surface area contributed by atoms with Gasteiger partial charge in [0.2, 0.25) is 5.58 Å². The molecule has 0 aliphatic carbocycles. The second-order valence-electron chi connectivity index (χ2n) is 7.17. The molecule has 8 heteroatoms. The summed E-state index contributed by atoms with van der Waals surface area (Å²) in [5, 5.41) is 11.1. The van der Waals surface area contributed by atoms with Gasteiger partial charge in [0.15, 0.2) is 0 Å². The lowest BCUT2D eigenvalue weighted by atomic mass is 10.1. The van der Waals surface area contributed by atoms with E-state index in [9.17, 15) is 9.59 Å². The largest absolute Gasteiger partial charge is 0.449 e. The maximum Gasteiger partial charge on any atom is 0.336 e. The van der Waals surface area contributed by atoms with Gasteiger partial charge in [-0.2, -0.15) is 5.26 Å². The second kappa shape index (κ2) is 7.84. The molecule has 32 heavy (non-hydrogen) atoms. The zero-order valence-corrected chi connectivity index (χ0v) is 17.4. The highest BCUT2D eigenvalue weighted by atomic mass is 35.5. The average Bonchev–Trinajstić information content (AvgIpc) is 3.25. The number of rotatable bonds is 4. The number of aryl methyl sites for hydroxylation is 1. The number of halogens is 1. The van der Waals surface area contributed by atoms with Crippen LogP contribution < -0.4 is 11.2 Å². The van der Waals surface area contributed by atoms with E-state index in [0.29, 0.717) is 32.9 Å². The standard InChI is InChI=1S/C24H15ClN4O3/c25-18-9-4-3-8-17(18)21-12-19-22(32-21)23(30)29(24(31)28(19)11-5-10-26)20-14-27-13-15-6-1-2-7-16(15)20/h1-4,6-9,12-14H,5,11H2. The number of nitriles is 1. The Kier molecular flexibility index (Phi) is 4.85. The lowest BCUT2D eigenvalue weighted by molar-refractivity contribution is 0.605. The van der Waals surface area contributed by atoms with Crippen LogP contribution in [0.15, 0.2) is 81.0 Å². The number of aromatic nitrogens is 3. The summed E-state index contributed by atoms with van der Waals surface area (Å²) in [5.41, 5.74) is 0.0981. The number of benzene rings is 2. The predicted octanol–water partition coefficient (Wildman–Crippen LogP) is 4.53. The predicted molar refractivity (Wildman–Crippen MR) is 122 cm³/mol. The molecule has 0 N–H and O–H groups in total. The summed E-state index contributed by atoms with van der Waals surface area (Å²) in [6, 6.07) is 18.1. The normalized spacial score (nSPS) is 11.1. The van der Waals surface area contributed by atoms with Crippen molar-refractivity contribution in [3.8, 4) is 23.1 Å². The highest BCUT2D eigenvalue weighted by Gasteiger charge is 2.21. The third kappa shape index (κ3) is 3.09. The molecule has 0 fully saturated rings. The maximum atomic E-state index is 13.5. The van der Waals surface area contributed by atoms with Crippen LogP contribution in [0, 0.1) is 11.3 Å². The van der Waals surface area contributed by atoms with Crippen molar-refractivity contribution in [3.63, 3.8) is 0 Å². The van der Waals surface area contributed by atoms with Crippen LogP contribution in [0.3, 0.4) is 0 Å². The summed E-state index contributed by atoms with van der Waals surface area (Å²) in [6.07, 6.45) is 3.23. The summed E-state index contributed by atoms with van der Waals surface area (Å²) in [4.78, 5) is 31.2. The first kappa shape index (κ1) is 19.8. The summed E-state index contributed by atoms with van der Waals surface area (Å²) >= 11 is 6.31. The monoisotopic (exact) mass is 442 g/mol. The van der Waals surface area contributed by atoms with E-state index in [1.807, 2.05) is 30.3 Å². The van der Waals surface area contributed by atoms with Gasteiger partial charge in [-0.3, -0.25) is 14.3 Å². The fourth-order valence-corrected chi connectivity index (χ4v) is 4.04. The number of pyridine rings is 1. The molecule has 0 unspecified atom stereocenters. The van der Waals surface area contributed by atoms with Crippen LogP contribution in [0.4, 0.5) is 0 Å². The van der Waals surface area contributed by atoms with E-state index < -0.39 is 11.2 Å². The van der Waals surface area contributed by atoms with Crippen molar-refractivity contribution >= 4 is 33.5 Å². The molecular formula is C24H15ClN4O3. The van der Waals surface area contributed by atoms with Crippen LogP contribution in [0.2, 0.25) is 5.02 Å². The van der Waals surface area contributed by atoms with Gasteiger partial charge in [-0.1, -0.05) is 48.0 Å². The molecule has 0 aliphatic rings. The fraction of sp³-hybridized carbons (Fsp3) is 0.0833. The SMILES string of the molecule is N#CCCn1c(=O)n(-c2cncc3ccccc23)c(=O)c2oc(-c3ccccc3Cl)cc21. The number of fused-ring (bicyclic) bond motifs is 2. The lowest BCUT2D eigenvalue weighted by Crippen LogP contribution is -2.38. The third-order valence-corrected chi connectivity index (χ3v) is 5.63. The molecule has 0 bridgehead atoms. The molecule has 0 saturated carbocycles. The minimum Gasteiger partial charge on any atom is -0.449 e. The third-order valence-electron chi connectivity index (χ3n) is 5.30. The van der Waals surface area contributed by atoms with E-state index >= 15 is 0 Å². The van der Waals surface area contributed by atoms with Crippen molar-refractivity contribution in [2.45, 2.75) is 13.0 Å². The number of hydrogen-bond donors (Lipinski definition) is 0. The molecule has 0 spiro atoms. The molecule has 2 aromatic carbocycles. The summed E-state index contributed by atoms with van der Waals surface area (Å²) < 4.78 is 8.37. The van der Waals surface area contributed by atoms with Crippen molar-refractivity contribution < 1.29 is 4.42 Å². The van der Waals surface area contributed by atoms with Gasteiger partial charge in [0, 0.05) is 35.1 Å². The Morgan fingerprint density at radius 1 is 1.06 bits per heavy atom. The molecule has 7 nitrogen and oxygen atoms in total. The van der Waals surface area contributed by atoms with Crippen molar-refractivity contribution in [1.29, 1.82) is 5.26 Å². The summed E-state index contributed by atoms with van der Waals surface area (Å²) in [5.74, 6) is 0.363. The second-order valence-corrected chi connectivity index (χ2v) is 7.57. The number of furan rings is 1. The van der Waals surface area contributed by atoms with Gasteiger partial charge in [0.25, 0.3) is 0 Å². The highest BCUT2D eigenvalue weighted by Crippen LogP contribution is 2.31. The van der Waals surface area contributed by atoms with E-state index in [2.05, 4.69) is 4.98 Å². The minimum absolute atomic E-state index is 0.00499. The Hall–Kier alpha value is -4.15. The molecule has 5 aromatic rings. The summed E-state index contributed by atoms with van der Waals surface area (Å²) in [6.45, 7) is 0.103. The molecular weight excluding hydrogens is 428 g/mol. The zero-order chi connectivity index (χ0) is 22.2. The van der Waals surface area contributed by atoms with E-state index in [1.54, 1.807) is 36.5 Å². The van der Waals surface area contributed by atoms with Gasteiger partial charge in [0.1, 0.15) is 5.76 Å². The quantitative estimate of drug-likeness (QED) is 0.407. The molecule has 0 radical (unpaired) electrons. The van der Waals surface area contributed by atoms with Gasteiger partial charge in [-0.05, 0) is 12.1 Å². The van der Waals surface area contributed by atoms with Gasteiger partial charge in [0.05, 0.1) is 34.9 Å². The Bertz CT molecular complexity index is 1650. The first-order valence-electron chi connectivity index (χ1n) is 9.84. The molecule has 3 aromatic heterocycles. The molecule has 156 valence electrons. The van der Waals surface area contributed by atoms with Crippen molar-refractivity contribution in [2.24, 2.45) is 0 Å². The van der Waals surface area contributed by atoms with E-state index in [0.717, 1.165) is 9.95 Å². The Morgan fingerprint density at radius 2 is 1.84 bits per heavy atom. The molecule has 0 aliphatic heterocycles. The maximum absolute atomic E-state index is 13.5. The van der Waals surface area contributed by atoms with E-state index in [-0.39, 0.29) is 18.5 Å². The Balaban J connectivity index is 1.87. The average molecular weight is 443 g/mol. The smallest absolute Gasteiger partial charge is 0.336 e. The van der Waals surface area contributed by atoms with Gasteiger partial charge in [-0.25, -0.2) is 9.36 Å².